The van der Waals surface area contributed by atoms with E-state index in [1.54, 1.807) is 31.2 Å². The molecule has 2 aliphatic rings. The lowest BCUT2D eigenvalue weighted by molar-refractivity contribution is -0.151. The summed E-state index contributed by atoms with van der Waals surface area (Å²) >= 11 is 0. The smallest absolute Gasteiger partial charge is 0.316 e. The summed E-state index contributed by atoms with van der Waals surface area (Å²) < 4.78 is 4.90. The number of carbonyl (C=O) groups is 3. The van der Waals surface area contributed by atoms with Gasteiger partial charge >= 0.3 is 5.97 Å². The maximum atomic E-state index is 13.0. The summed E-state index contributed by atoms with van der Waals surface area (Å²) in [5.41, 5.74) is -0.0640. The number of rotatable bonds is 2. The Kier molecular flexibility index (Phi) is 4.12. The monoisotopic (exact) mass is 380 g/mol. The maximum Gasteiger partial charge on any atom is 0.316 e. The Morgan fingerprint density at radius 2 is 1.82 bits per heavy atom. The molecule has 0 radical (unpaired) electrons. The van der Waals surface area contributed by atoms with Gasteiger partial charge in [0.25, 0.3) is 0 Å². The largest absolute Gasteiger partial charge is 0.507 e. The number of esters is 1. The highest BCUT2D eigenvalue weighted by molar-refractivity contribution is 6.29. The lowest BCUT2D eigenvalue weighted by atomic mass is 9.68. The number of ether oxygens (including phenoxy) is 1. The molecule has 2 atom stereocenters. The number of phenolic OH excluding ortho intramolecular Hbond substituents is 1. The van der Waals surface area contributed by atoms with Gasteiger partial charge < -0.3 is 14.9 Å². The first kappa shape index (κ1) is 18.4. The van der Waals surface area contributed by atoms with E-state index in [1.165, 1.54) is 13.2 Å². The summed E-state index contributed by atoms with van der Waals surface area (Å²) in [4.78, 5) is 38.5. The standard InChI is InChI=1S/C22H20O6/c1-3-22(27)9-8-13-14(17(22)21(26)28-2)10-15-16(20(13)25)19(24)12-7-5-4-6-11(12)18(15)23/h4-7,10,17,25,27H,3,8-9H2,1-2H3/t17?,22-/m0/s1. The number of phenols is 1. The van der Waals surface area contributed by atoms with E-state index in [0.717, 1.165) is 0 Å². The van der Waals surface area contributed by atoms with Crippen LogP contribution >= 0.6 is 0 Å². The third-order valence-corrected chi connectivity index (χ3v) is 6.03. The third kappa shape index (κ3) is 2.34. The highest BCUT2D eigenvalue weighted by Gasteiger charge is 2.48. The predicted molar refractivity (Wildman–Crippen MR) is 99.7 cm³/mol. The topological polar surface area (TPSA) is 101 Å². The number of hydrogen-bond donors (Lipinski definition) is 2. The molecule has 4 rings (SSSR count). The van der Waals surface area contributed by atoms with Crippen LogP contribution in [0.15, 0.2) is 30.3 Å². The van der Waals surface area contributed by atoms with E-state index in [9.17, 15) is 24.6 Å². The third-order valence-electron chi connectivity index (χ3n) is 6.03. The van der Waals surface area contributed by atoms with Crippen molar-refractivity contribution >= 4 is 17.5 Å². The van der Waals surface area contributed by atoms with Crippen molar-refractivity contribution in [3.8, 4) is 5.75 Å². The van der Waals surface area contributed by atoms with Crippen molar-refractivity contribution in [2.45, 2.75) is 37.7 Å². The first-order chi connectivity index (χ1) is 13.3. The van der Waals surface area contributed by atoms with E-state index in [-0.39, 0.29) is 40.8 Å². The zero-order chi connectivity index (χ0) is 20.2. The highest BCUT2D eigenvalue weighted by atomic mass is 16.5. The zero-order valence-electron chi connectivity index (χ0n) is 15.6. The Hall–Kier alpha value is -2.99. The molecule has 2 aromatic carbocycles. The van der Waals surface area contributed by atoms with Crippen LogP contribution in [0, 0.1) is 0 Å². The lowest BCUT2D eigenvalue weighted by Gasteiger charge is -2.40. The molecule has 2 aromatic rings. The Balaban J connectivity index is 1.99. The Bertz CT molecular complexity index is 1040. The minimum atomic E-state index is -1.35. The van der Waals surface area contributed by atoms with Crippen LogP contribution in [-0.4, -0.2) is 40.5 Å². The number of ketones is 2. The van der Waals surface area contributed by atoms with Crippen molar-refractivity contribution < 1.29 is 29.3 Å². The predicted octanol–water partition coefficient (Wildman–Crippen LogP) is 2.51. The number of methoxy groups -OCH3 is 1. The van der Waals surface area contributed by atoms with Gasteiger partial charge in [0.15, 0.2) is 11.6 Å². The number of carbonyl (C=O) groups excluding carboxylic acids is 3. The van der Waals surface area contributed by atoms with E-state index < -0.39 is 29.1 Å². The fourth-order valence-electron chi connectivity index (χ4n) is 4.44. The molecule has 0 aliphatic heterocycles. The van der Waals surface area contributed by atoms with Crippen molar-refractivity contribution in [1.29, 1.82) is 0 Å². The van der Waals surface area contributed by atoms with Crippen LogP contribution in [0.1, 0.15) is 68.7 Å². The maximum absolute atomic E-state index is 13.0. The second kappa shape index (κ2) is 6.27. The van der Waals surface area contributed by atoms with Crippen molar-refractivity contribution in [2.24, 2.45) is 0 Å². The van der Waals surface area contributed by atoms with Crippen molar-refractivity contribution in [3.05, 3.63) is 63.7 Å². The number of hydrogen-bond acceptors (Lipinski definition) is 6. The summed E-state index contributed by atoms with van der Waals surface area (Å²) in [6.07, 6.45) is 0.830. The van der Waals surface area contributed by atoms with E-state index in [0.29, 0.717) is 17.5 Å². The molecular formula is C22H20O6. The summed E-state index contributed by atoms with van der Waals surface area (Å²) in [7, 11) is 1.23. The molecule has 0 saturated heterocycles. The molecule has 144 valence electrons. The Labute approximate surface area is 161 Å². The Morgan fingerprint density at radius 1 is 1.18 bits per heavy atom. The molecule has 2 aliphatic carbocycles. The van der Waals surface area contributed by atoms with E-state index in [1.807, 2.05) is 0 Å². The number of aliphatic hydroxyl groups is 1. The molecule has 0 heterocycles. The average molecular weight is 380 g/mol. The summed E-state index contributed by atoms with van der Waals surface area (Å²) in [6, 6.07) is 7.93. The van der Waals surface area contributed by atoms with Crippen LogP contribution in [0.4, 0.5) is 0 Å². The molecule has 6 heteroatoms. The number of aromatic hydroxyl groups is 1. The quantitative estimate of drug-likeness (QED) is 0.663. The highest BCUT2D eigenvalue weighted by Crippen LogP contribution is 2.48. The van der Waals surface area contributed by atoms with Crippen molar-refractivity contribution in [1.82, 2.24) is 0 Å². The molecule has 0 amide bonds. The first-order valence-electron chi connectivity index (χ1n) is 9.21. The lowest BCUT2D eigenvalue weighted by Crippen LogP contribution is -2.44. The number of benzene rings is 2. The van der Waals surface area contributed by atoms with Crippen LogP contribution in [0.25, 0.3) is 0 Å². The van der Waals surface area contributed by atoms with Gasteiger partial charge in [-0.15, -0.1) is 0 Å². The van der Waals surface area contributed by atoms with Crippen LogP contribution in [-0.2, 0) is 16.0 Å². The van der Waals surface area contributed by atoms with Gasteiger partial charge in [-0.3, -0.25) is 14.4 Å². The van der Waals surface area contributed by atoms with E-state index >= 15 is 0 Å². The molecule has 0 bridgehead atoms. The fraction of sp³-hybridized carbons (Fsp3) is 0.318. The van der Waals surface area contributed by atoms with Gasteiger partial charge in [-0.2, -0.15) is 0 Å². The summed E-state index contributed by atoms with van der Waals surface area (Å²) in [5, 5.41) is 21.9. The van der Waals surface area contributed by atoms with Gasteiger partial charge in [0.1, 0.15) is 11.7 Å². The second-order valence-corrected chi connectivity index (χ2v) is 7.33. The van der Waals surface area contributed by atoms with Gasteiger partial charge in [-0.1, -0.05) is 31.2 Å². The zero-order valence-corrected chi connectivity index (χ0v) is 15.6. The van der Waals surface area contributed by atoms with Gasteiger partial charge in [0, 0.05) is 16.7 Å². The second-order valence-electron chi connectivity index (χ2n) is 7.33. The van der Waals surface area contributed by atoms with Gasteiger partial charge in [-0.25, -0.2) is 0 Å². The molecule has 2 N–H and O–H groups in total. The summed E-state index contributed by atoms with van der Waals surface area (Å²) in [6.45, 7) is 1.77. The molecule has 0 fully saturated rings. The Morgan fingerprint density at radius 3 is 2.43 bits per heavy atom. The molecule has 0 aromatic heterocycles. The fourth-order valence-corrected chi connectivity index (χ4v) is 4.44. The molecule has 0 spiro atoms. The minimum Gasteiger partial charge on any atom is -0.507 e. The normalized spacial score (nSPS) is 22.9. The first-order valence-corrected chi connectivity index (χ1v) is 9.21. The SMILES string of the molecule is CC[C@]1(O)CCc2c(cc3c(c2O)C(=O)c2ccccc2C3=O)C1C(=O)OC. The molecule has 0 saturated carbocycles. The summed E-state index contributed by atoms with van der Waals surface area (Å²) in [5.74, 6) is -2.77. The van der Waals surface area contributed by atoms with Crippen molar-refractivity contribution in [3.63, 3.8) is 0 Å². The van der Waals surface area contributed by atoms with Crippen LogP contribution in [0.2, 0.25) is 0 Å². The van der Waals surface area contributed by atoms with Crippen LogP contribution in [0.5, 0.6) is 5.75 Å². The van der Waals surface area contributed by atoms with E-state index in [2.05, 4.69) is 0 Å². The van der Waals surface area contributed by atoms with Crippen LogP contribution < -0.4 is 0 Å². The van der Waals surface area contributed by atoms with Gasteiger partial charge in [-0.05, 0) is 36.5 Å². The molecular weight excluding hydrogens is 360 g/mol. The van der Waals surface area contributed by atoms with Gasteiger partial charge in [0.2, 0.25) is 0 Å². The number of fused-ring (bicyclic) bond motifs is 3. The molecule has 6 nitrogen and oxygen atoms in total. The molecule has 1 unspecified atom stereocenters. The van der Waals surface area contributed by atoms with Crippen molar-refractivity contribution in [2.75, 3.05) is 7.11 Å². The van der Waals surface area contributed by atoms with E-state index in [4.69, 9.17) is 4.74 Å². The molecule has 28 heavy (non-hydrogen) atoms. The van der Waals surface area contributed by atoms with Crippen LogP contribution in [0.3, 0.4) is 0 Å². The average Bonchev–Trinajstić information content (AvgIpc) is 2.71. The minimum absolute atomic E-state index is 0.0343. The van der Waals surface area contributed by atoms with Gasteiger partial charge in [0.05, 0.1) is 18.3 Å².